The second kappa shape index (κ2) is 7.94. The minimum atomic E-state index is -0.0209. The molecule has 0 heterocycles. The van der Waals surface area contributed by atoms with Crippen molar-refractivity contribution in [3.63, 3.8) is 0 Å². The van der Waals surface area contributed by atoms with Gasteiger partial charge in [-0.2, -0.15) is 0 Å². The van der Waals surface area contributed by atoms with Gasteiger partial charge in [-0.25, -0.2) is 0 Å². The molecule has 156 valence electrons. The Hall–Kier alpha value is 0.860. The highest BCUT2D eigenvalue weighted by Crippen LogP contribution is 2.69. The molecule has 1 saturated carbocycles. The summed E-state index contributed by atoms with van der Waals surface area (Å²) in [5.74, 6) is 0.895. The standard InChI is InChI=1S/C24H50P2/c1-19-15-14-16-24(19,17-25(20(2,3)4)21(5,6)7)18-26(22(8,9)10)23(11,12)13/h19H,14-18H2,1-13H3. The quantitative estimate of drug-likeness (QED) is 0.413. The summed E-state index contributed by atoms with van der Waals surface area (Å²) < 4.78 is 0. The van der Waals surface area contributed by atoms with Gasteiger partial charge in [0.2, 0.25) is 0 Å². The predicted molar refractivity (Wildman–Crippen MR) is 128 cm³/mol. The van der Waals surface area contributed by atoms with E-state index in [0.29, 0.717) is 26.0 Å². The predicted octanol–water partition coefficient (Wildman–Crippen LogP) is 8.95. The molecule has 0 amide bonds. The van der Waals surface area contributed by atoms with Crippen LogP contribution < -0.4 is 0 Å². The van der Waals surface area contributed by atoms with Gasteiger partial charge >= 0.3 is 0 Å². The summed E-state index contributed by atoms with van der Waals surface area (Å²) >= 11 is 0. The summed E-state index contributed by atoms with van der Waals surface area (Å²) in [5.41, 5.74) is 0.582. The molecule has 1 unspecified atom stereocenters. The molecular formula is C24H50P2. The van der Waals surface area contributed by atoms with Gasteiger partial charge in [0.25, 0.3) is 0 Å². The van der Waals surface area contributed by atoms with E-state index in [9.17, 15) is 0 Å². The molecule has 0 N–H and O–H groups in total. The van der Waals surface area contributed by atoms with Crippen molar-refractivity contribution in [2.75, 3.05) is 12.3 Å². The van der Waals surface area contributed by atoms with E-state index < -0.39 is 0 Å². The summed E-state index contributed by atoms with van der Waals surface area (Å²) in [6.07, 6.45) is 7.36. The monoisotopic (exact) mass is 400 g/mol. The van der Waals surface area contributed by atoms with Crippen molar-refractivity contribution in [3.05, 3.63) is 0 Å². The molecule has 1 fully saturated rings. The average Bonchev–Trinajstić information content (AvgIpc) is 2.70. The second-order valence-electron chi connectivity index (χ2n) is 13.0. The van der Waals surface area contributed by atoms with Crippen molar-refractivity contribution in [1.29, 1.82) is 0 Å². The fraction of sp³-hybridized carbons (Fsp3) is 1.00. The Labute approximate surface area is 169 Å². The molecule has 0 nitrogen and oxygen atoms in total. The molecule has 1 aliphatic carbocycles. The molecule has 0 spiro atoms. The topological polar surface area (TPSA) is 0 Å². The van der Waals surface area contributed by atoms with Crippen molar-refractivity contribution in [2.45, 2.75) is 130 Å². The minimum Gasteiger partial charge on any atom is -0.0951 e. The maximum absolute atomic E-state index is 2.59. The summed E-state index contributed by atoms with van der Waals surface area (Å²) in [6.45, 7) is 32.7. The second-order valence-corrected chi connectivity index (χ2v) is 20.7. The van der Waals surface area contributed by atoms with Gasteiger partial charge in [0, 0.05) is 0 Å². The van der Waals surface area contributed by atoms with Crippen LogP contribution in [0.25, 0.3) is 0 Å². The highest BCUT2D eigenvalue weighted by atomic mass is 31.1. The fourth-order valence-electron chi connectivity index (χ4n) is 5.42. The van der Waals surface area contributed by atoms with Crippen molar-refractivity contribution < 1.29 is 0 Å². The van der Waals surface area contributed by atoms with E-state index in [1.807, 2.05) is 0 Å². The van der Waals surface area contributed by atoms with E-state index in [0.717, 1.165) is 5.92 Å². The third-order valence-electron chi connectivity index (χ3n) is 6.54. The van der Waals surface area contributed by atoms with E-state index in [-0.39, 0.29) is 15.8 Å². The van der Waals surface area contributed by atoms with Gasteiger partial charge in [0.05, 0.1) is 0 Å². The summed E-state index contributed by atoms with van der Waals surface area (Å²) in [5, 5.41) is 1.76. The summed E-state index contributed by atoms with van der Waals surface area (Å²) in [7, 11) is -0.0418. The molecule has 0 aromatic carbocycles. The van der Waals surface area contributed by atoms with Gasteiger partial charge < -0.3 is 0 Å². The molecule has 0 aromatic rings. The van der Waals surface area contributed by atoms with Crippen LogP contribution in [0.15, 0.2) is 0 Å². The van der Waals surface area contributed by atoms with E-state index in [1.165, 1.54) is 31.6 Å². The third kappa shape index (κ3) is 6.18. The number of rotatable bonds is 4. The highest BCUT2D eigenvalue weighted by molar-refractivity contribution is 7.62. The van der Waals surface area contributed by atoms with Crippen LogP contribution in [0.3, 0.4) is 0 Å². The van der Waals surface area contributed by atoms with Gasteiger partial charge in [-0.1, -0.05) is 119 Å². The van der Waals surface area contributed by atoms with E-state index >= 15 is 0 Å². The SMILES string of the molecule is CC1CCCC1(CP(C(C)(C)C)C(C)(C)C)CP(C(C)(C)C)C(C)(C)C. The lowest BCUT2D eigenvalue weighted by Crippen LogP contribution is -2.41. The van der Waals surface area contributed by atoms with Crippen LogP contribution >= 0.6 is 15.8 Å². The highest BCUT2D eigenvalue weighted by Gasteiger charge is 2.50. The molecule has 1 aliphatic rings. The Morgan fingerprint density at radius 2 is 0.962 bits per heavy atom. The molecule has 26 heavy (non-hydrogen) atoms. The largest absolute Gasteiger partial charge is 0.0951 e. The first-order chi connectivity index (χ1) is 11.3. The molecule has 1 rings (SSSR count). The van der Waals surface area contributed by atoms with Crippen molar-refractivity contribution >= 4 is 15.8 Å². The lowest BCUT2D eigenvalue weighted by Gasteiger charge is -2.52. The number of hydrogen-bond donors (Lipinski definition) is 0. The first-order valence-electron chi connectivity index (χ1n) is 10.9. The Morgan fingerprint density at radius 1 is 0.654 bits per heavy atom. The zero-order valence-corrected chi connectivity index (χ0v) is 22.3. The van der Waals surface area contributed by atoms with Gasteiger partial charge in [-0.15, -0.1) is 0 Å². The fourth-order valence-corrected chi connectivity index (χ4v) is 13.9. The molecule has 1 atom stereocenters. The first-order valence-corrected chi connectivity index (χ1v) is 13.9. The zero-order valence-electron chi connectivity index (χ0n) is 20.5. The van der Waals surface area contributed by atoms with Gasteiger partial charge in [0.15, 0.2) is 0 Å². The molecule has 0 radical (unpaired) electrons. The minimum absolute atomic E-state index is 0.0209. The normalized spacial score (nSPS) is 22.5. The maximum Gasteiger partial charge on any atom is -0.0174 e. The first kappa shape index (κ1) is 24.9. The van der Waals surface area contributed by atoms with Gasteiger partial charge in [-0.3, -0.25) is 0 Å². The van der Waals surface area contributed by atoms with Gasteiger partial charge in [0.1, 0.15) is 0 Å². The molecule has 0 aliphatic heterocycles. The summed E-state index contributed by atoms with van der Waals surface area (Å²) in [6, 6.07) is 0. The molecular weight excluding hydrogens is 350 g/mol. The third-order valence-corrected chi connectivity index (χ3v) is 14.9. The van der Waals surface area contributed by atoms with Crippen LogP contribution in [0.4, 0.5) is 0 Å². The van der Waals surface area contributed by atoms with Crippen LogP contribution in [-0.2, 0) is 0 Å². The van der Waals surface area contributed by atoms with Crippen molar-refractivity contribution in [3.8, 4) is 0 Å². The molecule has 2 heteroatoms. The number of hydrogen-bond acceptors (Lipinski definition) is 0. The van der Waals surface area contributed by atoms with E-state index in [1.54, 1.807) is 0 Å². The van der Waals surface area contributed by atoms with Crippen LogP contribution in [0, 0.1) is 11.3 Å². The maximum atomic E-state index is 2.59. The van der Waals surface area contributed by atoms with Gasteiger partial charge in [-0.05, 0) is 50.7 Å². The molecule has 0 aromatic heterocycles. The Bertz CT molecular complexity index is 389. The summed E-state index contributed by atoms with van der Waals surface area (Å²) in [4.78, 5) is 0. The molecule has 0 saturated heterocycles. The van der Waals surface area contributed by atoms with Crippen LogP contribution in [0.1, 0.15) is 109 Å². The molecule has 0 bridgehead atoms. The Morgan fingerprint density at radius 3 is 1.15 bits per heavy atom. The van der Waals surface area contributed by atoms with Crippen molar-refractivity contribution in [2.24, 2.45) is 11.3 Å². The zero-order chi connectivity index (χ0) is 20.8. The lowest BCUT2D eigenvalue weighted by molar-refractivity contribution is 0.287. The Kier molecular flexibility index (Phi) is 7.60. The lowest BCUT2D eigenvalue weighted by atomic mass is 9.82. The van der Waals surface area contributed by atoms with Crippen molar-refractivity contribution in [1.82, 2.24) is 0 Å². The van der Waals surface area contributed by atoms with E-state index in [4.69, 9.17) is 0 Å². The Balaban J connectivity index is 3.32. The smallest absolute Gasteiger partial charge is 0.0174 e. The average molecular weight is 401 g/mol. The van der Waals surface area contributed by atoms with E-state index in [2.05, 4.69) is 90.0 Å². The van der Waals surface area contributed by atoms with Crippen LogP contribution in [0.2, 0.25) is 0 Å². The van der Waals surface area contributed by atoms with Crippen LogP contribution in [0.5, 0.6) is 0 Å². The van der Waals surface area contributed by atoms with Crippen LogP contribution in [-0.4, -0.2) is 32.9 Å².